The van der Waals surface area contributed by atoms with E-state index >= 15 is 0 Å². The van der Waals surface area contributed by atoms with E-state index in [4.69, 9.17) is 23.2 Å². The van der Waals surface area contributed by atoms with Gasteiger partial charge in [0.15, 0.2) is 5.69 Å². The zero-order valence-electron chi connectivity index (χ0n) is 15.4. The minimum Gasteiger partial charge on any atom is -0.476 e. The number of aryl methyl sites for hydroxylation is 1. The fourth-order valence-electron chi connectivity index (χ4n) is 3.12. The molecule has 2 aromatic rings. The molecule has 156 valence electrons. The number of carboxylic acid groups (broad SMARTS) is 1. The molecule has 9 nitrogen and oxygen atoms in total. The van der Waals surface area contributed by atoms with E-state index in [0.717, 1.165) is 30.0 Å². The SMILES string of the molecule is Cn1ncc(NC(=O)c2cc(S(=O)(=O)N3CCCCC3)c(Cl)cc2Cl)c1C(=O)O. The third-order valence-electron chi connectivity index (χ3n) is 4.59. The number of halogens is 2. The Balaban J connectivity index is 1.97. The summed E-state index contributed by atoms with van der Waals surface area (Å²) >= 11 is 12.2. The van der Waals surface area contributed by atoms with E-state index in [1.165, 1.54) is 23.6 Å². The van der Waals surface area contributed by atoms with Crippen molar-refractivity contribution in [3.8, 4) is 0 Å². The van der Waals surface area contributed by atoms with Gasteiger partial charge in [0, 0.05) is 20.1 Å². The van der Waals surface area contributed by atoms with Gasteiger partial charge in [-0.15, -0.1) is 0 Å². The summed E-state index contributed by atoms with van der Waals surface area (Å²) < 4.78 is 28.4. The molecule has 3 rings (SSSR count). The van der Waals surface area contributed by atoms with Crippen LogP contribution >= 0.6 is 23.2 Å². The molecule has 0 unspecified atom stereocenters. The maximum atomic E-state index is 13.0. The number of hydrogen-bond acceptors (Lipinski definition) is 5. The highest BCUT2D eigenvalue weighted by atomic mass is 35.5. The molecule has 12 heteroatoms. The molecular formula is C17H18Cl2N4O5S. The van der Waals surface area contributed by atoms with Crippen LogP contribution < -0.4 is 5.32 Å². The number of benzene rings is 1. The molecule has 0 bridgehead atoms. The predicted octanol–water partition coefficient (Wildman–Crippen LogP) is 2.85. The van der Waals surface area contributed by atoms with E-state index in [1.54, 1.807) is 0 Å². The van der Waals surface area contributed by atoms with E-state index in [9.17, 15) is 23.1 Å². The molecule has 1 saturated heterocycles. The van der Waals surface area contributed by atoms with Crippen LogP contribution in [-0.4, -0.2) is 52.6 Å². The Labute approximate surface area is 177 Å². The van der Waals surface area contributed by atoms with Crippen molar-refractivity contribution in [2.75, 3.05) is 18.4 Å². The number of piperidine rings is 1. The van der Waals surface area contributed by atoms with Crippen LogP contribution in [0, 0.1) is 0 Å². The maximum absolute atomic E-state index is 13.0. The van der Waals surface area contributed by atoms with Gasteiger partial charge in [-0.25, -0.2) is 13.2 Å². The molecule has 1 aromatic heterocycles. The van der Waals surface area contributed by atoms with E-state index in [-0.39, 0.29) is 31.9 Å². The quantitative estimate of drug-likeness (QED) is 0.706. The van der Waals surface area contributed by atoms with Crippen LogP contribution in [0.1, 0.15) is 40.1 Å². The second kappa shape index (κ2) is 8.31. The molecule has 1 aliphatic rings. The van der Waals surface area contributed by atoms with Gasteiger partial charge in [0.25, 0.3) is 5.91 Å². The Morgan fingerprint density at radius 2 is 1.79 bits per heavy atom. The van der Waals surface area contributed by atoms with Gasteiger partial charge in [-0.1, -0.05) is 29.6 Å². The number of sulfonamides is 1. The molecule has 1 aliphatic heterocycles. The lowest BCUT2D eigenvalue weighted by Gasteiger charge is -2.26. The lowest BCUT2D eigenvalue weighted by atomic mass is 10.2. The third kappa shape index (κ3) is 4.25. The zero-order chi connectivity index (χ0) is 21.3. The topological polar surface area (TPSA) is 122 Å². The van der Waals surface area contributed by atoms with Crippen molar-refractivity contribution in [1.82, 2.24) is 14.1 Å². The standard InChI is InChI=1S/C17H18Cl2N4O5S/c1-22-15(17(25)26)13(9-20-22)21-16(24)10-7-14(12(19)8-11(10)18)29(27,28)23-5-3-2-4-6-23/h7-9H,2-6H2,1H3,(H,21,24)(H,25,26). The summed E-state index contributed by atoms with van der Waals surface area (Å²) in [6.45, 7) is 0.751. The fourth-order valence-corrected chi connectivity index (χ4v) is 5.47. The van der Waals surface area contributed by atoms with Crippen LogP contribution in [-0.2, 0) is 17.1 Å². The Bertz CT molecular complexity index is 1080. The second-order valence-electron chi connectivity index (χ2n) is 6.52. The van der Waals surface area contributed by atoms with Crippen LogP contribution in [0.2, 0.25) is 10.0 Å². The van der Waals surface area contributed by atoms with Gasteiger partial charge in [-0.05, 0) is 25.0 Å². The summed E-state index contributed by atoms with van der Waals surface area (Å²) in [5.74, 6) is -2.06. The third-order valence-corrected chi connectivity index (χ3v) is 7.26. The van der Waals surface area contributed by atoms with Gasteiger partial charge < -0.3 is 10.4 Å². The summed E-state index contributed by atoms with van der Waals surface area (Å²) in [5.41, 5.74) is -0.423. The van der Waals surface area contributed by atoms with Crippen LogP contribution in [0.3, 0.4) is 0 Å². The molecule has 0 radical (unpaired) electrons. The summed E-state index contributed by atoms with van der Waals surface area (Å²) in [7, 11) is -2.49. The highest BCUT2D eigenvalue weighted by Gasteiger charge is 2.30. The molecule has 2 N–H and O–H groups in total. The van der Waals surface area contributed by atoms with Crippen LogP contribution in [0.25, 0.3) is 0 Å². The lowest BCUT2D eigenvalue weighted by Crippen LogP contribution is -2.35. The number of carbonyl (C=O) groups excluding carboxylic acids is 1. The number of carbonyl (C=O) groups is 2. The Morgan fingerprint density at radius 3 is 2.41 bits per heavy atom. The van der Waals surface area contributed by atoms with Crippen molar-refractivity contribution in [1.29, 1.82) is 0 Å². The van der Waals surface area contributed by atoms with Gasteiger partial charge in [-0.2, -0.15) is 9.40 Å². The summed E-state index contributed by atoms with van der Waals surface area (Å²) in [5, 5.41) is 15.3. The Hall–Kier alpha value is -2.14. The van der Waals surface area contributed by atoms with Crippen molar-refractivity contribution in [2.45, 2.75) is 24.2 Å². The molecule has 1 amide bonds. The number of anilines is 1. The average molecular weight is 461 g/mol. The van der Waals surface area contributed by atoms with Gasteiger partial charge >= 0.3 is 5.97 Å². The molecule has 0 spiro atoms. The molecule has 29 heavy (non-hydrogen) atoms. The van der Waals surface area contributed by atoms with Gasteiger partial charge in [-0.3, -0.25) is 9.48 Å². The average Bonchev–Trinajstić information content (AvgIpc) is 3.02. The molecule has 1 aromatic carbocycles. The fraction of sp³-hybridized carbons (Fsp3) is 0.353. The minimum absolute atomic E-state index is 0.0449. The molecule has 0 saturated carbocycles. The van der Waals surface area contributed by atoms with Crippen molar-refractivity contribution >= 4 is 50.8 Å². The summed E-state index contributed by atoms with van der Waals surface area (Å²) in [6.07, 6.45) is 3.62. The number of nitrogens with one attached hydrogen (secondary N) is 1. The van der Waals surface area contributed by atoms with Crippen molar-refractivity contribution in [2.24, 2.45) is 7.05 Å². The second-order valence-corrected chi connectivity index (χ2v) is 9.24. The largest absolute Gasteiger partial charge is 0.476 e. The van der Waals surface area contributed by atoms with E-state index < -0.39 is 21.9 Å². The first kappa shape index (κ1) is 21.6. The number of hydrogen-bond donors (Lipinski definition) is 2. The highest BCUT2D eigenvalue weighted by molar-refractivity contribution is 7.89. The summed E-state index contributed by atoms with van der Waals surface area (Å²) in [6, 6.07) is 2.30. The highest BCUT2D eigenvalue weighted by Crippen LogP contribution is 2.32. The normalized spacial score (nSPS) is 15.3. The molecule has 1 fully saturated rings. The van der Waals surface area contributed by atoms with Crippen LogP contribution in [0.15, 0.2) is 23.2 Å². The monoisotopic (exact) mass is 460 g/mol. The number of amides is 1. The molecule has 0 aliphatic carbocycles. The number of aromatic carboxylic acids is 1. The predicted molar refractivity (Wildman–Crippen MR) is 107 cm³/mol. The number of carboxylic acids is 1. The lowest BCUT2D eigenvalue weighted by molar-refractivity contribution is 0.0686. The van der Waals surface area contributed by atoms with Crippen LogP contribution in [0.4, 0.5) is 5.69 Å². The smallest absolute Gasteiger partial charge is 0.356 e. The van der Waals surface area contributed by atoms with Crippen molar-refractivity contribution < 1.29 is 23.1 Å². The Kier molecular flexibility index (Phi) is 6.18. The number of nitrogens with zero attached hydrogens (tertiary/aromatic N) is 3. The van der Waals surface area contributed by atoms with Crippen molar-refractivity contribution in [3.63, 3.8) is 0 Å². The van der Waals surface area contributed by atoms with Gasteiger partial charge in [0.1, 0.15) is 4.90 Å². The summed E-state index contributed by atoms with van der Waals surface area (Å²) in [4.78, 5) is 23.8. The van der Waals surface area contributed by atoms with E-state index in [0.29, 0.717) is 13.1 Å². The number of rotatable bonds is 5. The van der Waals surface area contributed by atoms with E-state index in [1.807, 2.05) is 0 Å². The first-order chi connectivity index (χ1) is 13.6. The molecule has 0 atom stereocenters. The molecule has 2 heterocycles. The maximum Gasteiger partial charge on any atom is 0.356 e. The Morgan fingerprint density at radius 1 is 1.14 bits per heavy atom. The number of aromatic nitrogens is 2. The van der Waals surface area contributed by atoms with Gasteiger partial charge in [0.2, 0.25) is 10.0 Å². The van der Waals surface area contributed by atoms with Crippen molar-refractivity contribution in [3.05, 3.63) is 39.6 Å². The van der Waals surface area contributed by atoms with E-state index in [2.05, 4.69) is 10.4 Å². The first-order valence-corrected chi connectivity index (χ1v) is 10.9. The first-order valence-electron chi connectivity index (χ1n) is 8.68. The minimum atomic E-state index is -3.90. The van der Waals surface area contributed by atoms with Crippen LogP contribution in [0.5, 0.6) is 0 Å². The van der Waals surface area contributed by atoms with Gasteiger partial charge in [0.05, 0.1) is 27.5 Å². The zero-order valence-corrected chi connectivity index (χ0v) is 17.7. The molecular weight excluding hydrogens is 443 g/mol.